The van der Waals surface area contributed by atoms with Crippen LogP contribution < -0.4 is 0 Å². The smallest absolute Gasteiger partial charge is 0.315 e. The Balaban J connectivity index is 2.06. The van der Waals surface area contributed by atoms with E-state index in [1.807, 2.05) is 13.8 Å². The van der Waals surface area contributed by atoms with Crippen LogP contribution >= 0.6 is 11.3 Å². The van der Waals surface area contributed by atoms with Crippen molar-refractivity contribution in [2.45, 2.75) is 46.0 Å². The van der Waals surface area contributed by atoms with Gasteiger partial charge in [-0.05, 0) is 32.3 Å². The number of carboxylic acids is 1. The van der Waals surface area contributed by atoms with Crippen LogP contribution in [0.1, 0.15) is 52.9 Å². The minimum absolute atomic E-state index is 0.160. The molecular formula is C19H22N2O4S. The van der Waals surface area contributed by atoms with Crippen molar-refractivity contribution in [2.75, 3.05) is 7.05 Å². The predicted molar refractivity (Wildman–Crippen MR) is 100 cm³/mol. The predicted octanol–water partition coefficient (Wildman–Crippen LogP) is 4.31. The number of oxazole rings is 1. The molecule has 0 aliphatic heterocycles. The van der Waals surface area contributed by atoms with E-state index in [1.165, 1.54) is 24.6 Å². The van der Waals surface area contributed by atoms with Gasteiger partial charge in [-0.2, -0.15) is 0 Å². The Labute approximate surface area is 156 Å². The zero-order valence-electron chi connectivity index (χ0n) is 15.2. The van der Waals surface area contributed by atoms with E-state index in [9.17, 15) is 14.7 Å². The van der Waals surface area contributed by atoms with Gasteiger partial charge in [-0.1, -0.05) is 19.3 Å². The van der Waals surface area contributed by atoms with Crippen LogP contribution in [-0.4, -0.2) is 34.6 Å². The average Bonchev–Trinajstić information content (AvgIpc) is 3.24. The molecule has 138 valence electrons. The Morgan fingerprint density at radius 3 is 2.50 bits per heavy atom. The van der Waals surface area contributed by atoms with Crippen molar-refractivity contribution in [3.05, 3.63) is 28.5 Å². The van der Waals surface area contributed by atoms with Gasteiger partial charge in [-0.25, -0.2) is 4.98 Å². The molecule has 7 heteroatoms. The molecule has 0 unspecified atom stereocenters. The Morgan fingerprint density at radius 1 is 1.27 bits per heavy atom. The van der Waals surface area contributed by atoms with Gasteiger partial charge < -0.3 is 9.52 Å². The number of aliphatic carboxylic acids is 1. The van der Waals surface area contributed by atoms with Gasteiger partial charge in [0.1, 0.15) is 11.7 Å². The van der Waals surface area contributed by atoms with E-state index in [4.69, 9.17) is 4.42 Å². The molecule has 0 bridgehead atoms. The second-order valence-corrected chi connectivity index (χ2v) is 7.90. The number of hydrogen-bond donors (Lipinski definition) is 1. The number of hydrogen-bond acceptors (Lipinski definition) is 6. The summed E-state index contributed by atoms with van der Waals surface area (Å²) in [4.78, 5) is 35.5. The highest BCUT2D eigenvalue weighted by molar-refractivity contribution is 7.16. The first kappa shape index (κ1) is 18.5. The van der Waals surface area contributed by atoms with Crippen LogP contribution in [0.2, 0.25) is 0 Å². The second kappa shape index (κ2) is 7.15. The van der Waals surface area contributed by atoms with Crippen LogP contribution in [0.25, 0.3) is 10.8 Å². The van der Waals surface area contributed by atoms with Crippen molar-refractivity contribution in [3.63, 3.8) is 0 Å². The summed E-state index contributed by atoms with van der Waals surface area (Å²) in [5.74, 6) is -0.777. The maximum Gasteiger partial charge on any atom is 0.315 e. The summed E-state index contributed by atoms with van der Waals surface area (Å²) >= 11 is 1.43. The van der Waals surface area contributed by atoms with E-state index in [1.54, 1.807) is 6.20 Å². The van der Waals surface area contributed by atoms with E-state index in [-0.39, 0.29) is 11.5 Å². The Bertz CT molecular complexity index is 858. The number of carbonyl (C=O) groups is 2. The number of carboxylic acid groups (broad SMARTS) is 1. The highest BCUT2D eigenvalue weighted by atomic mass is 32.1. The molecule has 0 saturated heterocycles. The van der Waals surface area contributed by atoms with Gasteiger partial charge in [-0.15, -0.1) is 11.3 Å². The van der Waals surface area contributed by atoms with Gasteiger partial charge in [-0.3, -0.25) is 14.6 Å². The molecule has 0 radical (unpaired) electrons. The van der Waals surface area contributed by atoms with Gasteiger partial charge in [0.15, 0.2) is 0 Å². The molecule has 6 nitrogen and oxygen atoms in total. The first-order valence-electron chi connectivity index (χ1n) is 8.67. The van der Waals surface area contributed by atoms with Gasteiger partial charge in [0.25, 0.3) is 0 Å². The zero-order chi connectivity index (χ0) is 18.9. The molecule has 1 aliphatic carbocycles. The van der Waals surface area contributed by atoms with E-state index >= 15 is 0 Å². The summed E-state index contributed by atoms with van der Waals surface area (Å²) in [5.41, 5.74) is 0.258. The normalized spacial score (nSPS) is 17.3. The van der Waals surface area contributed by atoms with Crippen molar-refractivity contribution in [3.8, 4) is 10.8 Å². The highest BCUT2D eigenvalue weighted by Crippen LogP contribution is 2.41. The molecular weight excluding hydrogens is 352 g/mol. The fraction of sp³-hybridized carbons (Fsp3) is 0.474. The molecule has 0 spiro atoms. The van der Waals surface area contributed by atoms with Crippen LogP contribution in [0.5, 0.6) is 0 Å². The maximum atomic E-state index is 13.4. The van der Waals surface area contributed by atoms with Crippen LogP contribution in [-0.2, 0) is 4.79 Å². The van der Waals surface area contributed by atoms with E-state index in [0.29, 0.717) is 24.3 Å². The number of aromatic nitrogens is 1. The Kier molecular flexibility index (Phi) is 5.09. The van der Waals surface area contributed by atoms with E-state index in [2.05, 4.69) is 9.98 Å². The third-order valence-corrected chi connectivity index (χ3v) is 6.38. The average molecular weight is 374 g/mol. The molecule has 1 aliphatic rings. The summed E-state index contributed by atoms with van der Waals surface area (Å²) in [6, 6.07) is 0. The summed E-state index contributed by atoms with van der Waals surface area (Å²) in [6.45, 7) is 3.71. The number of nitrogens with zero attached hydrogens (tertiary/aromatic N) is 2. The first-order chi connectivity index (χ1) is 12.4. The van der Waals surface area contributed by atoms with Crippen molar-refractivity contribution in [2.24, 2.45) is 10.4 Å². The van der Waals surface area contributed by atoms with Gasteiger partial charge >= 0.3 is 5.97 Å². The third-order valence-electron chi connectivity index (χ3n) is 5.18. The second-order valence-electron chi connectivity index (χ2n) is 6.67. The van der Waals surface area contributed by atoms with Crippen LogP contribution in [0.3, 0.4) is 0 Å². The van der Waals surface area contributed by atoms with Gasteiger partial charge in [0.2, 0.25) is 11.7 Å². The quantitative estimate of drug-likeness (QED) is 0.622. The molecule has 0 amide bonds. The SMILES string of the molecule is C/N=C(\C(=O)c1c(C)sc(-c2ncco2)c1C)C1(C(=O)O)CCCCC1. The van der Waals surface area contributed by atoms with Crippen molar-refractivity contribution >= 4 is 28.8 Å². The van der Waals surface area contributed by atoms with Gasteiger partial charge in [0, 0.05) is 17.5 Å². The van der Waals surface area contributed by atoms with Crippen LogP contribution in [0.15, 0.2) is 21.9 Å². The lowest BCUT2D eigenvalue weighted by atomic mass is 9.68. The van der Waals surface area contributed by atoms with Crippen molar-refractivity contribution in [1.29, 1.82) is 0 Å². The highest BCUT2D eigenvalue weighted by Gasteiger charge is 2.47. The molecule has 1 saturated carbocycles. The molecule has 3 rings (SSSR count). The zero-order valence-corrected chi connectivity index (χ0v) is 16.0. The number of ketones is 1. The lowest BCUT2D eigenvalue weighted by Gasteiger charge is -2.33. The largest absolute Gasteiger partial charge is 0.481 e. The van der Waals surface area contributed by atoms with Gasteiger partial charge in [0.05, 0.1) is 16.8 Å². The van der Waals surface area contributed by atoms with Crippen LogP contribution in [0.4, 0.5) is 0 Å². The molecule has 0 aromatic carbocycles. The van der Waals surface area contributed by atoms with Crippen LogP contribution in [0, 0.1) is 19.3 Å². The fourth-order valence-corrected chi connectivity index (χ4v) is 4.98. The molecule has 2 aromatic heterocycles. The molecule has 2 heterocycles. The number of thiophene rings is 1. The summed E-state index contributed by atoms with van der Waals surface area (Å²) in [6.07, 6.45) is 6.54. The van der Waals surface area contributed by atoms with Crippen molar-refractivity contribution < 1.29 is 19.1 Å². The number of Topliss-reactive ketones (excluding diaryl/α,β-unsaturated/α-hetero) is 1. The minimum atomic E-state index is -1.19. The number of aryl methyl sites for hydroxylation is 1. The lowest BCUT2D eigenvalue weighted by molar-refractivity contribution is -0.146. The Morgan fingerprint density at radius 2 is 1.96 bits per heavy atom. The fourth-order valence-electron chi connectivity index (χ4n) is 3.89. The summed E-state index contributed by atoms with van der Waals surface area (Å²) in [5, 5.41) is 9.92. The standard InChI is InChI=1S/C19H22N2O4S/c1-11-13(12(2)26-15(11)17-21-9-10-25-17)14(22)16(20-3)19(18(23)24)7-5-4-6-8-19/h9-10H,4-8H2,1-3H3,(H,23,24)/b20-16+. The minimum Gasteiger partial charge on any atom is -0.481 e. The summed E-state index contributed by atoms with van der Waals surface area (Å²) < 4.78 is 5.37. The first-order valence-corrected chi connectivity index (χ1v) is 9.49. The lowest BCUT2D eigenvalue weighted by Crippen LogP contribution is -2.45. The molecule has 26 heavy (non-hydrogen) atoms. The maximum absolute atomic E-state index is 13.4. The number of aliphatic imine (C=N–C) groups is 1. The topological polar surface area (TPSA) is 92.8 Å². The molecule has 1 fully saturated rings. The number of carbonyl (C=O) groups excluding carboxylic acids is 1. The molecule has 1 N–H and O–H groups in total. The van der Waals surface area contributed by atoms with Crippen molar-refractivity contribution in [1.82, 2.24) is 4.98 Å². The molecule has 2 aromatic rings. The summed E-state index contributed by atoms with van der Waals surface area (Å²) in [7, 11) is 1.51. The number of rotatable bonds is 5. The third kappa shape index (κ3) is 2.90. The van der Waals surface area contributed by atoms with E-state index in [0.717, 1.165) is 34.6 Å². The molecule has 0 atom stereocenters. The van der Waals surface area contributed by atoms with E-state index < -0.39 is 11.4 Å². The Hall–Kier alpha value is -2.28. The monoisotopic (exact) mass is 374 g/mol.